The minimum Gasteiger partial charge on any atom is -0.399 e. The monoisotopic (exact) mass is 1090 g/mol. The average Bonchev–Trinajstić information content (AvgIpc) is 4.17. The zero-order valence-electron chi connectivity index (χ0n) is 52.5. The molecule has 0 radical (unpaired) electrons. The summed E-state index contributed by atoms with van der Waals surface area (Å²) in [6.45, 7) is 31.1. The first kappa shape index (κ1) is 62.9. The van der Waals surface area contributed by atoms with E-state index in [9.17, 15) is 0 Å². The van der Waals surface area contributed by atoms with Gasteiger partial charge < -0.3 is 18.6 Å². The second-order valence-corrected chi connectivity index (χ2v) is 35.6. The van der Waals surface area contributed by atoms with E-state index < -0.39 is 16.1 Å². The molecule has 2 fully saturated rings. The van der Waals surface area contributed by atoms with Crippen molar-refractivity contribution in [2.75, 3.05) is 0 Å². The highest BCUT2D eigenvalue weighted by Gasteiger charge is 2.55. The lowest BCUT2D eigenvalue weighted by atomic mass is 9.77. The maximum atomic E-state index is 6.61. The van der Waals surface area contributed by atoms with Gasteiger partial charge in [-0.1, -0.05) is 266 Å². The van der Waals surface area contributed by atoms with E-state index in [4.69, 9.17) is 18.6 Å². The van der Waals surface area contributed by atoms with Crippen LogP contribution < -0.4 is 31.7 Å². The van der Waals surface area contributed by atoms with Crippen LogP contribution in [0.15, 0.2) is 72.8 Å². The molecule has 428 valence electrons. The average molecular weight is 1090 g/mol. The van der Waals surface area contributed by atoms with Gasteiger partial charge >= 0.3 is 14.2 Å². The fraction of sp³-hybridized carbons (Fsp3) is 0.657. The van der Waals surface area contributed by atoms with Gasteiger partial charge in [-0.15, -0.1) is 0 Å². The second kappa shape index (κ2) is 28.0. The molecule has 4 aliphatic rings. The minimum absolute atomic E-state index is 0.343. The van der Waals surface area contributed by atoms with Crippen LogP contribution in [0.3, 0.4) is 0 Å². The predicted molar refractivity (Wildman–Crippen MR) is 347 cm³/mol. The van der Waals surface area contributed by atoms with Crippen LogP contribution in [-0.4, -0.2) is 52.8 Å². The fourth-order valence-corrected chi connectivity index (χ4v) is 25.1. The zero-order chi connectivity index (χ0) is 56.2. The molecule has 0 amide bonds. The molecule has 0 unspecified atom stereocenters. The summed E-state index contributed by atoms with van der Waals surface area (Å²) in [6, 6.07) is 34.6. The SMILES string of the molecule is CCCCCCCC[Si]1(CCCCCCCC)c2cc(B3OC(C)(C)C(C)(C)O3)ccc2-c2ccc(B3OC(C)(C)C(C)(C)O3)cc21.CCCCCCCC[Si]1(CCCCCCCC)c2cc(C)ccc2-c2ccc(C)cc21. The highest BCUT2D eigenvalue weighted by atomic mass is 28.3. The van der Waals surface area contributed by atoms with Crippen molar-refractivity contribution >= 4 is 62.1 Å². The maximum Gasteiger partial charge on any atom is 0.494 e. The Hall–Kier alpha value is -2.72. The molecule has 0 saturated carbocycles. The third kappa shape index (κ3) is 14.4. The molecule has 8 rings (SSSR count). The van der Waals surface area contributed by atoms with E-state index in [1.54, 1.807) is 31.9 Å². The summed E-state index contributed by atoms with van der Waals surface area (Å²) in [6.07, 6.45) is 32.8. The van der Waals surface area contributed by atoms with Crippen LogP contribution >= 0.6 is 0 Å². The van der Waals surface area contributed by atoms with Gasteiger partial charge in [0.05, 0.1) is 22.4 Å². The molecule has 4 nitrogen and oxygen atoms in total. The van der Waals surface area contributed by atoms with Gasteiger partial charge in [0, 0.05) is 0 Å². The van der Waals surface area contributed by atoms with Crippen molar-refractivity contribution in [1.29, 1.82) is 0 Å². The van der Waals surface area contributed by atoms with Gasteiger partial charge in [-0.2, -0.15) is 0 Å². The van der Waals surface area contributed by atoms with Gasteiger partial charge in [0.1, 0.15) is 16.1 Å². The molecule has 78 heavy (non-hydrogen) atoms. The lowest BCUT2D eigenvalue weighted by Gasteiger charge is -2.32. The lowest BCUT2D eigenvalue weighted by molar-refractivity contribution is 0.00578. The normalized spacial score (nSPS) is 18.4. The molecule has 0 N–H and O–H groups in total. The number of fused-ring (bicyclic) bond motifs is 6. The van der Waals surface area contributed by atoms with Crippen LogP contribution in [0.25, 0.3) is 22.3 Å². The van der Waals surface area contributed by atoms with Gasteiger partial charge in [0.15, 0.2) is 0 Å². The Labute approximate surface area is 481 Å². The lowest BCUT2D eigenvalue weighted by Crippen LogP contribution is -2.57. The molecule has 0 atom stereocenters. The Kier molecular flexibility index (Phi) is 22.6. The van der Waals surface area contributed by atoms with Gasteiger partial charge in [-0.3, -0.25) is 0 Å². The third-order valence-electron chi connectivity index (χ3n) is 20.0. The number of hydrogen-bond acceptors (Lipinski definition) is 4. The Bertz CT molecular complexity index is 2330. The summed E-state index contributed by atoms with van der Waals surface area (Å²) in [4.78, 5) is 0. The number of hydrogen-bond donors (Lipinski definition) is 0. The number of benzene rings is 4. The summed E-state index contributed by atoms with van der Waals surface area (Å²) >= 11 is 0. The molecule has 0 aromatic heterocycles. The molecular formula is C70H110B2O4Si2. The van der Waals surface area contributed by atoms with Crippen LogP contribution in [0.2, 0.25) is 24.2 Å². The summed E-state index contributed by atoms with van der Waals surface area (Å²) < 4.78 is 26.5. The quantitative estimate of drug-likeness (QED) is 0.0385. The van der Waals surface area contributed by atoms with Crippen LogP contribution in [0.4, 0.5) is 0 Å². The standard InChI is InChI=1S/C40H64B2O4Si.C30H46Si/c1-11-13-15-17-19-21-27-47(28-22-20-18-16-14-12-2)35-29-31(41-43-37(3,4)38(5,6)44-41)23-25-33(35)34-26-24-32(30-36(34)47)42-45-39(7,8)40(9,10)46-42;1-5-7-9-11-13-15-21-31(22-16-14-12-10-8-6-2)29-23-25(3)17-19-27(29)28-20-18-26(4)24-30(28)31/h23-26,29-30H,11-22,27-28H2,1-10H3;17-20,23-24H,5-16,21-22H2,1-4H3. The van der Waals surface area contributed by atoms with E-state index in [0.29, 0.717) is 0 Å². The Morgan fingerprint density at radius 2 is 0.538 bits per heavy atom. The third-order valence-corrected chi connectivity index (χ3v) is 30.6. The second-order valence-electron chi connectivity index (χ2n) is 27.1. The van der Waals surface area contributed by atoms with Crippen LogP contribution in [0.1, 0.15) is 248 Å². The van der Waals surface area contributed by atoms with Crippen molar-refractivity contribution in [3.05, 3.63) is 83.9 Å². The van der Waals surface area contributed by atoms with Gasteiger partial charge in [-0.25, -0.2) is 0 Å². The number of aryl methyl sites for hydroxylation is 2. The van der Waals surface area contributed by atoms with E-state index in [1.807, 2.05) is 0 Å². The molecule has 4 aliphatic heterocycles. The largest absolute Gasteiger partial charge is 0.494 e. The number of rotatable bonds is 30. The van der Waals surface area contributed by atoms with Gasteiger partial charge in [0.2, 0.25) is 0 Å². The first-order chi connectivity index (χ1) is 37.3. The predicted octanol–water partition coefficient (Wildman–Crippen LogP) is 17.1. The van der Waals surface area contributed by atoms with Crippen molar-refractivity contribution < 1.29 is 18.6 Å². The molecule has 0 bridgehead atoms. The fourth-order valence-electron chi connectivity index (χ4n) is 13.7. The Balaban J connectivity index is 0.000000246. The maximum absolute atomic E-state index is 6.61. The molecular weight excluding hydrogens is 983 g/mol. The molecule has 2 saturated heterocycles. The molecule has 0 spiro atoms. The minimum atomic E-state index is -2.14. The highest BCUT2D eigenvalue weighted by Crippen LogP contribution is 2.41. The Morgan fingerprint density at radius 3 is 0.808 bits per heavy atom. The molecule has 8 heteroatoms. The van der Waals surface area contributed by atoms with Crippen molar-refractivity contribution in [2.24, 2.45) is 0 Å². The smallest absolute Gasteiger partial charge is 0.399 e. The first-order valence-corrected chi connectivity index (χ1v) is 37.4. The van der Waals surface area contributed by atoms with Crippen molar-refractivity contribution in [1.82, 2.24) is 0 Å². The van der Waals surface area contributed by atoms with E-state index in [2.05, 4.69) is 170 Å². The first-order valence-electron chi connectivity index (χ1n) is 32.5. The molecule has 4 aromatic carbocycles. The van der Waals surface area contributed by atoms with Crippen LogP contribution in [0.5, 0.6) is 0 Å². The number of unbranched alkanes of at least 4 members (excludes halogenated alkanes) is 20. The summed E-state index contributed by atoms with van der Waals surface area (Å²) in [7, 11) is -4.50. The summed E-state index contributed by atoms with van der Waals surface area (Å²) in [5, 5.41) is 6.76. The summed E-state index contributed by atoms with van der Waals surface area (Å²) in [5.74, 6) is 0. The van der Waals surface area contributed by atoms with Crippen molar-refractivity contribution in [3.63, 3.8) is 0 Å². The van der Waals surface area contributed by atoms with Crippen molar-refractivity contribution in [2.45, 2.75) is 298 Å². The zero-order valence-corrected chi connectivity index (χ0v) is 54.5. The van der Waals surface area contributed by atoms with E-state index in [1.165, 1.54) is 211 Å². The van der Waals surface area contributed by atoms with Crippen LogP contribution in [-0.2, 0) is 18.6 Å². The van der Waals surface area contributed by atoms with Gasteiger partial charge in [0.25, 0.3) is 0 Å². The van der Waals surface area contributed by atoms with E-state index in [0.717, 1.165) is 0 Å². The molecule has 4 heterocycles. The van der Waals surface area contributed by atoms with Crippen LogP contribution in [0, 0.1) is 13.8 Å². The van der Waals surface area contributed by atoms with Gasteiger partial charge in [-0.05, 0) is 147 Å². The topological polar surface area (TPSA) is 36.9 Å². The van der Waals surface area contributed by atoms with E-state index in [-0.39, 0.29) is 36.6 Å². The highest BCUT2D eigenvalue weighted by molar-refractivity contribution is 7.06. The molecule has 0 aliphatic carbocycles. The van der Waals surface area contributed by atoms with Crippen molar-refractivity contribution in [3.8, 4) is 22.3 Å². The van der Waals surface area contributed by atoms with E-state index >= 15 is 0 Å². The Morgan fingerprint density at radius 1 is 0.308 bits per heavy atom. The molecule has 4 aromatic rings. The summed E-state index contributed by atoms with van der Waals surface area (Å²) in [5.41, 5.74) is 9.82.